The summed E-state index contributed by atoms with van der Waals surface area (Å²) in [6.07, 6.45) is 3.61. The molecule has 1 aromatic heterocycles. The molecule has 0 unspecified atom stereocenters. The molecule has 4 nitrogen and oxygen atoms in total. The average molecular weight is 279 g/mol. The van der Waals surface area contributed by atoms with Crippen molar-refractivity contribution in [2.75, 3.05) is 0 Å². The van der Waals surface area contributed by atoms with Crippen molar-refractivity contribution in [1.82, 2.24) is 9.78 Å². The van der Waals surface area contributed by atoms with Crippen LogP contribution in [0, 0.1) is 5.82 Å². The summed E-state index contributed by atoms with van der Waals surface area (Å²) >= 11 is 4.74. The van der Waals surface area contributed by atoms with Crippen molar-refractivity contribution in [2.45, 2.75) is 20.1 Å². The van der Waals surface area contributed by atoms with Gasteiger partial charge in [-0.3, -0.25) is 4.68 Å². The van der Waals surface area contributed by atoms with Crippen molar-refractivity contribution in [3.63, 3.8) is 0 Å². The number of nitrogens with zero attached hydrogens (tertiary/aromatic N) is 2. The number of aryl methyl sites for hydroxylation is 1. The predicted molar refractivity (Wildman–Crippen MR) is 74.5 cm³/mol. The number of halogens is 1. The Labute approximate surface area is 116 Å². The molecule has 6 heteroatoms. The first-order valence-electron chi connectivity index (χ1n) is 5.83. The Bertz CT molecular complexity index is 597. The van der Waals surface area contributed by atoms with E-state index < -0.39 is 5.82 Å². The van der Waals surface area contributed by atoms with E-state index >= 15 is 0 Å². The molecule has 0 amide bonds. The second kappa shape index (κ2) is 5.79. The van der Waals surface area contributed by atoms with Gasteiger partial charge in [-0.2, -0.15) is 5.10 Å². The zero-order chi connectivity index (χ0) is 13.8. The van der Waals surface area contributed by atoms with Gasteiger partial charge in [-0.05, 0) is 19.1 Å². The maximum absolute atomic E-state index is 13.6. The van der Waals surface area contributed by atoms with E-state index in [2.05, 4.69) is 5.10 Å². The third kappa shape index (κ3) is 3.29. The Morgan fingerprint density at radius 2 is 2.32 bits per heavy atom. The van der Waals surface area contributed by atoms with Crippen molar-refractivity contribution in [1.29, 1.82) is 0 Å². The highest BCUT2D eigenvalue weighted by Gasteiger charge is 2.07. The first-order valence-corrected chi connectivity index (χ1v) is 6.24. The molecule has 0 aliphatic rings. The Balaban J connectivity index is 2.03. The maximum atomic E-state index is 13.6. The standard InChI is InChI=1S/C13H14FN3OS/c1-2-17-7-9(6-16-17)8-18-10-3-4-11(13(15)19)12(14)5-10/h3-7H,2,8H2,1H3,(H2,15,19). The molecule has 2 aromatic rings. The molecule has 19 heavy (non-hydrogen) atoms. The fourth-order valence-electron chi connectivity index (χ4n) is 1.61. The number of aromatic nitrogens is 2. The topological polar surface area (TPSA) is 53.1 Å². The molecule has 0 bridgehead atoms. The summed E-state index contributed by atoms with van der Waals surface area (Å²) in [5.41, 5.74) is 6.54. The van der Waals surface area contributed by atoms with E-state index in [0.717, 1.165) is 12.1 Å². The lowest BCUT2D eigenvalue weighted by atomic mass is 10.2. The van der Waals surface area contributed by atoms with Crippen LogP contribution in [0.25, 0.3) is 0 Å². The highest BCUT2D eigenvalue weighted by Crippen LogP contribution is 2.17. The molecule has 0 fully saturated rings. The third-order valence-corrected chi connectivity index (χ3v) is 2.84. The molecule has 0 aliphatic heterocycles. The number of thiocarbonyl (C=S) groups is 1. The lowest BCUT2D eigenvalue weighted by molar-refractivity contribution is 0.304. The molecule has 0 saturated heterocycles. The van der Waals surface area contributed by atoms with Crippen LogP contribution in [0.5, 0.6) is 5.75 Å². The second-order valence-corrected chi connectivity index (χ2v) is 4.44. The van der Waals surface area contributed by atoms with E-state index in [1.807, 2.05) is 13.1 Å². The molecule has 0 radical (unpaired) electrons. The van der Waals surface area contributed by atoms with Crippen LogP contribution in [0.3, 0.4) is 0 Å². The van der Waals surface area contributed by atoms with E-state index in [1.165, 1.54) is 12.1 Å². The largest absolute Gasteiger partial charge is 0.489 e. The molecule has 2 N–H and O–H groups in total. The Kier molecular flexibility index (Phi) is 4.11. The van der Waals surface area contributed by atoms with Gasteiger partial charge >= 0.3 is 0 Å². The summed E-state index contributed by atoms with van der Waals surface area (Å²) in [7, 11) is 0. The van der Waals surface area contributed by atoms with Gasteiger partial charge in [0.25, 0.3) is 0 Å². The van der Waals surface area contributed by atoms with E-state index in [0.29, 0.717) is 12.4 Å². The van der Waals surface area contributed by atoms with Gasteiger partial charge in [0.15, 0.2) is 0 Å². The molecule has 0 aliphatic carbocycles. The first-order chi connectivity index (χ1) is 9.10. The lowest BCUT2D eigenvalue weighted by Crippen LogP contribution is -2.11. The molecular formula is C13H14FN3OS. The summed E-state index contributed by atoms with van der Waals surface area (Å²) in [6.45, 7) is 3.14. The quantitative estimate of drug-likeness (QED) is 0.853. The smallest absolute Gasteiger partial charge is 0.137 e. The van der Waals surface area contributed by atoms with Crippen molar-refractivity contribution in [3.05, 3.63) is 47.5 Å². The summed E-state index contributed by atoms with van der Waals surface area (Å²) in [4.78, 5) is 0.0354. The van der Waals surface area contributed by atoms with E-state index in [-0.39, 0.29) is 10.6 Å². The molecule has 0 spiro atoms. The summed E-state index contributed by atoms with van der Waals surface area (Å²) in [5, 5.41) is 4.13. The van der Waals surface area contributed by atoms with Crippen LogP contribution < -0.4 is 10.5 Å². The number of hydrogen-bond acceptors (Lipinski definition) is 3. The van der Waals surface area contributed by atoms with Crippen molar-refractivity contribution >= 4 is 17.2 Å². The van der Waals surface area contributed by atoms with Crippen LogP contribution in [-0.2, 0) is 13.2 Å². The SMILES string of the molecule is CCn1cc(COc2ccc(C(N)=S)c(F)c2)cn1. The van der Waals surface area contributed by atoms with Crippen LogP contribution in [0.2, 0.25) is 0 Å². The van der Waals surface area contributed by atoms with E-state index in [9.17, 15) is 4.39 Å². The van der Waals surface area contributed by atoms with Crippen molar-refractivity contribution in [2.24, 2.45) is 5.73 Å². The van der Waals surface area contributed by atoms with Gasteiger partial charge in [0.1, 0.15) is 23.2 Å². The minimum atomic E-state index is -0.478. The Morgan fingerprint density at radius 1 is 1.53 bits per heavy atom. The van der Waals surface area contributed by atoms with E-state index in [1.54, 1.807) is 16.9 Å². The highest BCUT2D eigenvalue weighted by atomic mass is 32.1. The van der Waals surface area contributed by atoms with Crippen LogP contribution in [0.4, 0.5) is 4.39 Å². The molecule has 2 rings (SSSR count). The van der Waals surface area contributed by atoms with Crippen LogP contribution in [-0.4, -0.2) is 14.8 Å². The summed E-state index contributed by atoms with van der Waals surface area (Å²) in [5.74, 6) is -0.0454. The monoisotopic (exact) mass is 279 g/mol. The van der Waals surface area contributed by atoms with E-state index in [4.69, 9.17) is 22.7 Å². The maximum Gasteiger partial charge on any atom is 0.137 e. The molecule has 1 aromatic carbocycles. The number of benzene rings is 1. The highest BCUT2D eigenvalue weighted by molar-refractivity contribution is 7.80. The average Bonchev–Trinajstić information content (AvgIpc) is 2.84. The molecule has 1 heterocycles. The number of ether oxygens (including phenoxy) is 1. The van der Waals surface area contributed by atoms with Gasteiger partial charge < -0.3 is 10.5 Å². The van der Waals surface area contributed by atoms with Gasteiger partial charge in [0, 0.05) is 29.9 Å². The molecule has 0 atom stereocenters. The molecular weight excluding hydrogens is 265 g/mol. The second-order valence-electron chi connectivity index (χ2n) is 4.00. The zero-order valence-electron chi connectivity index (χ0n) is 10.5. The van der Waals surface area contributed by atoms with Gasteiger partial charge in [0.05, 0.1) is 6.20 Å². The van der Waals surface area contributed by atoms with Crippen LogP contribution in [0.15, 0.2) is 30.6 Å². The van der Waals surface area contributed by atoms with Gasteiger partial charge in [-0.1, -0.05) is 12.2 Å². The fraction of sp³-hybridized carbons (Fsp3) is 0.231. The number of nitrogens with two attached hydrogens (primary N) is 1. The Morgan fingerprint density at radius 3 is 2.89 bits per heavy atom. The lowest BCUT2D eigenvalue weighted by Gasteiger charge is -2.06. The van der Waals surface area contributed by atoms with Gasteiger partial charge in [-0.15, -0.1) is 0 Å². The minimum Gasteiger partial charge on any atom is -0.489 e. The third-order valence-electron chi connectivity index (χ3n) is 2.62. The summed E-state index contributed by atoms with van der Waals surface area (Å²) < 4.78 is 20.9. The predicted octanol–water partition coefficient (Wildman–Crippen LogP) is 2.26. The number of rotatable bonds is 5. The molecule has 100 valence electrons. The number of hydrogen-bond donors (Lipinski definition) is 1. The fourth-order valence-corrected chi connectivity index (χ4v) is 1.77. The van der Waals surface area contributed by atoms with Crippen molar-refractivity contribution < 1.29 is 9.13 Å². The summed E-state index contributed by atoms with van der Waals surface area (Å²) in [6, 6.07) is 4.43. The van der Waals surface area contributed by atoms with Crippen molar-refractivity contribution in [3.8, 4) is 5.75 Å². The molecule has 0 saturated carbocycles. The van der Waals surface area contributed by atoms with Gasteiger partial charge in [-0.25, -0.2) is 4.39 Å². The zero-order valence-corrected chi connectivity index (χ0v) is 11.3. The van der Waals surface area contributed by atoms with Gasteiger partial charge in [0.2, 0.25) is 0 Å². The Hall–Kier alpha value is -1.95. The van der Waals surface area contributed by atoms with Crippen LogP contribution in [0.1, 0.15) is 18.1 Å². The first kappa shape index (κ1) is 13.5. The minimum absolute atomic E-state index is 0.0354. The normalized spacial score (nSPS) is 10.4. The van der Waals surface area contributed by atoms with Crippen LogP contribution >= 0.6 is 12.2 Å².